The minimum absolute atomic E-state index is 0.0539. The summed E-state index contributed by atoms with van der Waals surface area (Å²) in [6.07, 6.45) is 0.879. The molecule has 1 atom stereocenters. The predicted octanol–water partition coefficient (Wildman–Crippen LogP) is 2.50. The van der Waals surface area contributed by atoms with E-state index in [0.29, 0.717) is 6.54 Å². The van der Waals surface area contributed by atoms with Crippen molar-refractivity contribution >= 4 is 23.4 Å². The molecule has 94 valence electrons. The number of anilines is 1. The Balaban J connectivity index is 2.48. The minimum atomic E-state index is -0.336. The first kappa shape index (κ1) is 14.1. The molecule has 0 aliphatic carbocycles. The number of carbonyl (C=O) groups is 1. The van der Waals surface area contributed by atoms with E-state index in [-0.39, 0.29) is 11.3 Å². The molecule has 0 radical (unpaired) electrons. The second kappa shape index (κ2) is 7.35. The minimum Gasteiger partial charge on any atom is -0.383 e. The summed E-state index contributed by atoms with van der Waals surface area (Å²) in [5, 5.41) is 9.13. The molecule has 0 heterocycles. The third-order valence-corrected chi connectivity index (χ3v) is 3.34. The maximum absolute atomic E-state index is 11.5. The van der Waals surface area contributed by atoms with Crippen molar-refractivity contribution in [1.82, 2.24) is 0 Å². The van der Waals surface area contributed by atoms with Crippen LogP contribution in [0.25, 0.3) is 0 Å². The lowest BCUT2D eigenvalue weighted by atomic mass is 10.2. The zero-order valence-corrected chi connectivity index (χ0v) is 11.1. The van der Waals surface area contributed by atoms with Crippen molar-refractivity contribution in [3.05, 3.63) is 30.3 Å². The number of amides is 1. The van der Waals surface area contributed by atoms with Crippen LogP contribution in [0.3, 0.4) is 0 Å². The molecule has 1 amide bonds. The summed E-state index contributed by atoms with van der Waals surface area (Å²) in [6, 6.07) is 9.66. The Kier molecular flexibility index (Phi) is 6.08. The normalized spacial score (nSPS) is 12.2. The first-order chi connectivity index (χ1) is 8.11. The Bertz CT molecular complexity index is 341. The molecule has 0 saturated heterocycles. The second-order valence-electron chi connectivity index (χ2n) is 3.83. The lowest BCUT2D eigenvalue weighted by Gasteiger charge is -2.21. The topological polar surface area (TPSA) is 40.5 Å². The second-order valence-corrected chi connectivity index (χ2v) is 5.25. The summed E-state index contributed by atoms with van der Waals surface area (Å²) >= 11 is 1.50. The maximum atomic E-state index is 11.5. The average Bonchev–Trinajstić information content (AvgIpc) is 2.29. The zero-order chi connectivity index (χ0) is 12.7. The van der Waals surface area contributed by atoms with Crippen molar-refractivity contribution in [1.29, 1.82) is 0 Å². The van der Waals surface area contributed by atoms with Crippen LogP contribution >= 0.6 is 11.8 Å². The van der Waals surface area contributed by atoms with Gasteiger partial charge in [-0.25, -0.2) is 0 Å². The van der Waals surface area contributed by atoms with E-state index in [1.54, 1.807) is 18.7 Å². The van der Waals surface area contributed by atoms with Gasteiger partial charge in [0.1, 0.15) is 0 Å². The van der Waals surface area contributed by atoms with Gasteiger partial charge in [-0.05, 0) is 31.2 Å². The van der Waals surface area contributed by atoms with E-state index < -0.39 is 0 Å². The van der Waals surface area contributed by atoms with Crippen LogP contribution in [0.4, 0.5) is 5.69 Å². The summed E-state index contributed by atoms with van der Waals surface area (Å²) in [7, 11) is 0. The molecule has 1 N–H and O–H groups in total. The Morgan fingerprint density at radius 3 is 2.59 bits per heavy atom. The number of benzene rings is 1. The van der Waals surface area contributed by atoms with Gasteiger partial charge in [0.05, 0.1) is 5.44 Å². The van der Waals surface area contributed by atoms with Crippen molar-refractivity contribution in [2.75, 3.05) is 17.2 Å². The molecule has 0 aliphatic heterocycles. The number of hydrogen-bond acceptors (Lipinski definition) is 3. The van der Waals surface area contributed by atoms with Gasteiger partial charge in [-0.15, -0.1) is 11.8 Å². The van der Waals surface area contributed by atoms with Gasteiger partial charge < -0.3 is 10.0 Å². The molecule has 3 nitrogen and oxygen atoms in total. The molecular formula is C13H19NO2S. The molecule has 0 aliphatic rings. The molecule has 0 spiro atoms. The molecular weight excluding hydrogens is 234 g/mol. The lowest BCUT2D eigenvalue weighted by molar-refractivity contribution is -0.116. The number of carbonyl (C=O) groups excluding carboxylic acids is 1. The monoisotopic (exact) mass is 253 g/mol. The van der Waals surface area contributed by atoms with E-state index in [2.05, 4.69) is 0 Å². The standard InChI is InChI=1S/C13H19NO2S/c1-11(15)14(9-6-10-17-12(2)16)13-7-4-3-5-8-13/h3-5,7-8,12,16H,6,9-10H2,1-2H3. The van der Waals surface area contributed by atoms with E-state index >= 15 is 0 Å². The lowest BCUT2D eigenvalue weighted by Crippen LogP contribution is -2.29. The number of aliphatic hydroxyl groups excluding tert-OH is 1. The Morgan fingerprint density at radius 1 is 1.41 bits per heavy atom. The number of rotatable bonds is 6. The molecule has 1 rings (SSSR count). The number of hydrogen-bond donors (Lipinski definition) is 1. The SMILES string of the molecule is CC(=O)N(CCCSC(C)O)c1ccccc1. The van der Waals surface area contributed by atoms with Crippen molar-refractivity contribution in [3.8, 4) is 0 Å². The van der Waals surface area contributed by atoms with E-state index in [0.717, 1.165) is 17.9 Å². The highest BCUT2D eigenvalue weighted by molar-refractivity contribution is 7.99. The molecule has 1 aromatic carbocycles. The van der Waals surface area contributed by atoms with E-state index in [4.69, 9.17) is 5.11 Å². The first-order valence-corrected chi connectivity index (χ1v) is 6.79. The maximum Gasteiger partial charge on any atom is 0.223 e. The Labute approximate surface area is 107 Å². The smallest absolute Gasteiger partial charge is 0.223 e. The molecule has 1 aromatic rings. The van der Waals surface area contributed by atoms with Crippen molar-refractivity contribution < 1.29 is 9.90 Å². The van der Waals surface area contributed by atoms with Gasteiger partial charge in [-0.1, -0.05) is 18.2 Å². The van der Waals surface area contributed by atoms with Gasteiger partial charge in [0.2, 0.25) is 5.91 Å². The van der Waals surface area contributed by atoms with Crippen LogP contribution in [0.2, 0.25) is 0 Å². The first-order valence-electron chi connectivity index (χ1n) is 5.74. The Morgan fingerprint density at radius 2 is 2.06 bits per heavy atom. The van der Waals surface area contributed by atoms with E-state index in [9.17, 15) is 4.79 Å². The van der Waals surface area contributed by atoms with Gasteiger partial charge in [0, 0.05) is 19.2 Å². The largest absolute Gasteiger partial charge is 0.383 e. The summed E-state index contributed by atoms with van der Waals surface area (Å²) in [5.74, 6) is 0.909. The zero-order valence-electron chi connectivity index (χ0n) is 10.3. The van der Waals surface area contributed by atoms with E-state index in [1.165, 1.54) is 11.8 Å². The van der Waals surface area contributed by atoms with Crippen LogP contribution in [0, 0.1) is 0 Å². The summed E-state index contributed by atoms with van der Waals surface area (Å²) in [4.78, 5) is 13.3. The average molecular weight is 253 g/mol. The summed E-state index contributed by atoms with van der Waals surface area (Å²) in [6.45, 7) is 4.03. The van der Waals surface area contributed by atoms with Crippen molar-refractivity contribution in [2.24, 2.45) is 0 Å². The summed E-state index contributed by atoms with van der Waals surface area (Å²) < 4.78 is 0. The highest BCUT2D eigenvalue weighted by atomic mass is 32.2. The number of para-hydroxylation sites is 1. The fourth-order valence-electron chi connectivity index (χ4n) is 1.55. The summed E-state index contributed by atoms with van der Waals surface area (Å²) in [5.41, 5.74) is 0.597. The van der Waals surface area contributed by atoms with Crippen LogP contribution in [0.1, 0.15) is 20.3 Å². The van der Waals surface area contributed by atoms with Gasteiger partial charge >= 0.3 is 0 Å². The van der Waals surface area contributed by atoms with Crippen LogP contribution in [-0.2, 0) is 4.79 Å². The van der Waals surface area contributed by atoms with E-state index in [1.807, 2.05) is 30.3 Å². The van der Waals surface area contributed by atoms with Crippen molar-refractivity contribution in [2.45, 2.75) is 25.7 Å². The Hall–Kier alpha value is -1.00. The molecule has 4 heteroatoms. The van der Waals surface area contributed by atoms with Gasteiger partial charge in [0.15, 0.2) is 0 Å². The quantitative estimate of drug-likeness (QED) is 0.625. The number of nitrogens with zero attached hydrogens (tertiary/aromatic N) is 1. The van der Waals surface area contributed by atoms with Crippen LogP contribution in [0.15, 0.2) is 30.3 Å². The van der Waals surface area contributed by atoms with Crippen LogP contribution < -0.4 is 4.90 Å². The van der Waals surface area contributed by atoms with Crippen LogP contribution in [0.5, 0.6) is 0 Å². The molecule has 0 fully saturated rings. The molecule has 17 heavy (non-hydrogen) atoms. The number of aliphatic hydroxyl groups is 1. The van der Waals surface area contributed by atoms with Crippen molar-refractivity contribution in [3.63, 3.8) is 0 Å². The molecule has 0 bridgehead atoms. The number of thioether (sulfide) groups is 1. The van der Waals surface area contributed by atoms with Gasteiger partial charge in [-0.2, -0.15) is 0 Å². The highest BCUT2D eigenvalue weighted by Crippen LogP contribution is 2.15. The van der Waals surface area contributed by atoms with Gasteiger partial charge in [0.25, 0.3) is 0 Å². The molecule has 0 saturated carbocycles. The third-order valence-electron chi connectivity index (χ3n) is 2.33. The fourth-order valence-corrected chi connectivity index (χ4v) is 2.19. The van der Waals surface area contributed by atoms with Crippen LogP contribution in [-0.4, -0.2) is 28.7 Å². The highest BCUT2D eigenvalue weighted by Gasteiger charge is 2.10. The molecule has 0 aromatic heterocycles. The van der Waals surface area contributed by atoms with Gasteiger partial charge in [-0.3, -0.25) is 4.79 Å². The fraction of sp³-hybridized carbons (Fsp3) is 0.462. The molecule has 1 unspecified atom stereocenters. The predicted molar refractivity (Wildman–Crippen MR) is 73.2 cm³/mol. The third kappa shape index (κ3) is 5.24.